The molecule has 0 aliphatic heterocycles. The van der Waals surface area contributed by atoms with Crippen LogP contribution in [-0.4, -0.2) is 26.2 Å². The lowest BCUT2D eigenvalue weighted by Crippen LogP contribution is -2.03. The predicted molar refractivity (Wildman–Crippen MR) is 79.7 cm³/mol. The molecule has 0 radical (unpaired) electrons. The van der Waals surface area contributed by atoms with Crippen molar-refractivity contribution in [2.75, 3.05) is 14.2 Å². The van der Waals surface area contributed by atoms with Gasteiger partial charge in [-0.25, -0.2) is 18.4 Å². The fourth-order valence-corrected chi connectivity index (χ4v) is 1.80. The largest absolute Gasteiger partial charge is 0.465 e. The SMILES string of the molecule is COC(=O)c1ccc(N=Nc2ccc(C(=O)OC)c(F)c2)cc1F. The van der Waals surface area contributed by atoms with Gasteiger partial charge in [0.1, 0.15) is 11.6 Å². The van der Waals surface area contributed by atoms with Gasteiger partial charge in [0.15, 0.2) is 0 Å². The summed E-state index contributed by atoms with van der Waals surface area (Å²) in [6.07, 6.45) is 0. The van der Waals surface area contributed by atoms with Crippen LogP contribution >= 0.6 is 0 Å². The standard InChI is InChI=1S/C16H12F2N2O4/c1-23-15(21)11-5-3-9(7-13(11)17)19-20-10-4-6-12(14(18)8-10)16(22)24-2/h3-8H,1-2H3. The van der Waals surface area contributed by atoms with Gasteiger partial charge in [-0.15, -0.1) is 0 Å². The molecule has 0 aliphatic rings. The second-order valence-electron chi connectivity index (χ2n) is 4.51. The zero-order chi connectivity index (χ0) is 17.7. The number of halogens is 2. The van der Waals surface area contributed by atoms with Crippen LogP contribution < -0.4 is 0 Å². The Morgan fingerprint density at radius 3 is 1.46 bits per heavy atom. The highest BCUT2D eigenvalue weighted by molar-refractivity contribution is 5.90. The van der Waals surface area contributed by atoms with Crippen molar-refractivity contribution in [1.82, 2.24) is 0 Å². The fraction of sp³-hybridized carbons (Fsp3) is 0.125. The number of esters is 2. The maximum absolute atomic E-state index is 13.7. The molecule has 0 aromatic heterocycles. The van der Waals surface area contributed by atoms with E-state index < -0.39 is 23.6 Å². The number of hydrogen-bond acceptors (Lipinski definition) is 6. The molecule has 0 atom stereocenters. The molecule has 2 aromatic carbocycles. The summed E-state index contributed by atoms with van der Waals surface area (Å²) >= 11 is 0. The van der Waals surface area contributed by atoms with Crippen molar-refractivity contribution < 1.29 is 27.8 Å². The van der Waals surface area contributed by atoms with Crippen LogP contribution in [0.5, 0.6) is 0 Å². The van der Waals surface area contributed by atoms with Gasteiger partial charge >= 0.3 is 11.9 Å². The summed E-state index contributed by atoms with van der Waals surface area (Å²) in [5.74, 6) is -3.25. The molecule has 0 amide bonds. The normalized spacial score (nSPS) is 10.7. The van der Waals surface area contributed by atoms with Crippen molar-refractivity contribution in [3.63, 3.8) is 0 Å². The Balaban J connectivity index is 2.22. The number of carbonyl (C=O) groups excluding carboxylic acids is 2. The van der Waals surface area contributed by atoms with Gasteiger partial charge in [-0.3, -0.25) is 0 Å². The van der Waals surface area contributed by atoms with E-state index in [-0.39, 0.29) is 22.5 Å². The quantitative estimate of drug-likeness (QED) is 0.626. The maximum Gasteiger partial charge on any atom is 0.340 e. The molecule has 0 bridgehead atoms. The van der Waals surface area contributed by atoms with E-state index in [9.17, 15) is 18.4 Å². The molecule has 0 aliphatic carbocycles. The minimum Gasteiger partial charge on any atom is -0.465 e. The molecule has 2 aromatic rings. The third-order valence-electron chi connectivity index (χ3n) is 3.00. The van der Waals surface area contributed by atoms with E-state index in [4.69, 9.17) is 0 Å². The van der Waals surface area contributed by atoms with Crippen LogP contribution in [-0.2, 0) is 9.47 Å². The van der Waals surface area contributed by atoms with E-state index in [1.54, 1.807) is 0 Å². The number of carbonyl (C=O) groups is 2. The van der Waals surface area contributed by atoms with Crippen molar-refractivity contribution >= 4 is 23.3 Å². The molecule has 0 saturated heterocycles. The molecular formula is C16H12F2N2O4. The Morgan fingerprint density at radius 2 is 1.17 bits per heavy atom. The van der Waals surface area contributed by atoms with Crippen LogP contribution in [0.1, 0.15) is 20.7 Å². The lowest BCUT2D eigenvalue weighted by atomic mass is 10.2. The molecule has 0 unspecified atom stereocenters. The summed E-state index contributed by atoms with van der Waals surface area (Å²) in [4.78, 5) is 22.6. The van der Waals surface area contributed by atoms with Gasteiger partial charge in [0.05, 0.1) is 36.7 Å². The van der Waals surface area contributed by atoms with E-state index in [1.807, 2.05) is 0 Å². The third kappa shape index (κ3) is 3.78. The Bertz CT molecular complexity index is 754. The summed E-state index contributed by atoms with van der Waals surface area (Å²) in [5, 5.41) is 7.50. The Labute approximate surface area is 135 Å². The van der Waals surface area contributed by atoms with E-state index >= 15 is 0 Å². The van der Waals surface area contributed by atoms with Gasteiger partial charge in [-0.05, 0) is 24.3 Å². The van der Waals surface area contributed by atoms with Gasteiger partial charge < -0.3 is 9.47 Å². The van der Waals surface area contributed by atoms with Gasteiger partial charge in [0.25, 0.3) is 0 Å². The van der Waals surface area contributed by atoms with E-state index in [0.29, 0.717) is 0 Å². The van der Waals surface area contributed by atoms with Crippen molar-refractivity contribution in [3.8, 4) is 0 Å². The number of nitrogens with zero attached hydrogens (tertiary/aromatic N) is 2. The highest BCUT2D eigenvalue weighted by Crippen LogP contribution is 2.23. The molecule has 24 heavy (non-hydrogen) atoms. The second kappa shape index (κ2) is 7.40. The first-order chi connectivity index (χ1) is 11.5. The average Bonchev–Trinajstić information content (AvgIpc) is 2.58. The number of hydrogen-bond donors (Lipinski definition) is 0. The fourth-order valence-electron chi connectivity index (χ4n) is 1.80. The van der Waals surface area contributed by atoms with Gasteiger partial charge in [0, 0.05) is 12.1 Å². The van der Waals surface area contributed by atoms with Gasteiger partial charge in [-0.2, -0.15) is 10.2 Å². The van der Waals surface area contributed by atoms with Crippen LogP contribution in [0.4, 0.5) is 20.2 Å². The lowest BCUT2D eigenvalue weighted by Gasteiger charge is -2.02. The first kappa shape index (κ1) is 17.2. The highest BCUT2D eigenvalue weighted by atomic mass is 19.1. The molecular weight excluding hydrogens is 322 g/mol. The number of benzene rings is 2. The monoisotopic (exact) mass is 334 g/mol. The summed E-state index contributed by atoms with van der Waals surface area (Å²) in [6, 6.07) is 7.12. The van der Waals surface area contributed by atoms with Crippen LogP contribution in [0.15, 0.2) is 46.6 Å². The topological polar surface area (TPSA) is 77.3 Å². The highest BCUT2D eigenvalue weighted by Gasteiger charge is 2.13. The smallest absolute Gasteiger partial charge is 0.340 e. The predicted octanol–water partition coefficient (Wildman–Crippen LogP) is 3.95. The number of ether oxygens (including phenoxy) is 2. The van der Waals surface area contributed by atoms with E-state index in [0.717, 1.165) is 26.4 Å². The van der Waals surface area contributed by atoms with Crippen LogP contribution in [0, 0.1) is 11.6 Å². The molecule has 2 rings (SSSR count). The summed E-state index contributed by atoms with van der Waals surface area (Å²) in [7, 11) is 2.28. The van der Waals surface area contributed by atoms with Crippen molar-refractivity contribution in [1.29, 1.82) is 0 Å². The van der Waals surface area contributed by atoms with Crippen molar-refractivity contribution in [2.24, 2.45) is 10.2 Å². The minimum absolute atomic E-state index is 0.123. The van der Waals surface area contributed by atoms with Crippen molar-refractivity contribution in [3.05, 3.63) is 59.2 Å². The van der Waals surface area contributed by atoms with Crippen LogP contribution in [0.25, 0.3) is 0 Å². The summed E-state index contributed by atoms with van der Waals surface area (Å²) in [5.41, 5.74) is -0.218. The molecule has 8 heteroatoms. The van der Waals surface area contributed by atoms with Crippen LogP contribution in [0.2, 0.25) is 0 Å². The number of azo groups is 1. The van der Waals surface area contributed by atoms with E-state index in [1.165, 1.54) is 24.3 Å². The molecule has 0 fully saturated rings. The maximum atomic E-state index is 13.7. The van der Waals surface area contributed by atoms with Crippen molar-refractivity contribution in [2.45, 2.75) is 0 Å². The average molecular weight is 334 g/mol. The lowest BCUT2D eigenvalue weighted by molar-refractivity contribution is 0.0586. The number of rotatable bonds is 4. The summed E-state index contributed by atoms with van der Waals surface area (Å²) < 4.78 is 36.3. The van der Waals surface area contributed by atoms with Gasteiger partial charge in [0.2, 0.25) is 0 Å². The molecule has 0 heterocycles. The zero-order valence-corrected chi connectivity index (χ0v) is 12.7. The molecule has 6 nitrogen and oxygen atoms in total. The van der Waals surface area contributed by atoms with Gasteiger partial charge in [-0.1, -0.05) is 0 Å². The number of methoxy groups -OCH3 is 2. The zero-order valence-electron chi connectivity index (χ0n) is 12.7. The second-order valence-corrected chi connectivity index (χ2v) is 4.51. The first-order valence-electron chi connectivity index (χ1n) is 6.63. The minimum atomic E-state index is -0.814. The van der Waals surface area contributed by atoms with E-state index in [2.05, 4.69) is 19.7 Å². The molecule has 0 spiro atoms. The Morgan fingerprint density at radius 1 is 0.792 bits per heavy atom. The molecule has 124 valence electrons. The molecule has 0 N–H and O–H groups in total. The third-order valence-corrected chi connectivity index (χ3v) is 3.00. The Kier molecular flexibility index (Phi) is 5.31. The first-order valence-corrected chi connectivity index (χ1v) is 6.63. The Hall–Kier alpha value is -3.16. The molecule has 0 saturated carbocycles. The van der Waals surface area contributed by atoms with Crippen LogP contribution in [0.3, 0.4) is 0 Å². The summed E-state index contributed by atoms with van der Waals surface area (Å²) in [6.45, 7) is 0.